The molecule has 1 aliphatic heterocycles. The van der Waals surface area contributed by atoms with Crippen molar-refractivity contribution in [1.82, 2.24) is 4.72 Å². The van der Waals surface area contributed by atoms with Crippen LogP contribution in [0.4, 0.5) is 0 Å². The van der Waals surface area contributed by atoms with Crippen LogP contribution in [0.3, 0.4) is 0 Å². The van der Waals surface area contributed by atoms with Gasteiger partial charge >= 0.3 is 0 Å². The van der Waals surface area contributed by atoms with Crippen molar-refractivity contribution in [3.63, 3.8) is 0 Å². The lowest BCUT2D eigenvalue weighted by atomic mass is 9.92. The Kier molecular flexibility index (Phi) is 7.21. The Morgan fingerprint density at radius 2 is 1.80 bits per heavy atom. The summed E-state index contributed by atoms with van der Waals surface area (Å²) in [5.74, 6) is 0. The summed E-state index contributed by atoms with van der Waals surface area (Å²) in [5, 5.41) is -0.407. The van der Waals surface area contributed by atoms with Crippen molar-refractivity contribution in [1.29, 1.82) is 0 Å². The molecule has 0 aromatic carbocycles. The van der Waals surface area contributed by atoms with E-state index in [1.807, 2.05) is 0 Å². The largest absolute Gasteiger partial charge is 0.380 e. The smallest absolute Gasteiger partial charge is 0.216 e. The van der Waals surface area contributed by atoms with Crippen LogP contribution in [0.25, 0.3) is 0 Å². The van der Waals surface area contributed by atoms with Gasteiger partial charge in [0.05, 0.1) is 11.9 Å². The van der Waals surface area contributed by atoms with Crippen LogP contribution in [-0.2, 0) is 14.8 Å². The van der Waals surface area contributed by atoms with Crippen molar-refractivity contribution < 1.29 is 13.2 Å². The Bertz CT molecular complexity index is 375. The first-order valence-corrected chi connectivity index (χ1v) is 8.92. The fourth-order valence-electron chi connectivity index (χ4n) is 2.93. The summed E-state index contributed by atoms with van der Waals surface area (Å²) in [6.07, 6.45) is 7.96. The third-order valence-electron chi connectivity index (χ3n) is 4.28. The molecule has 2 aliphatic rings. The van der Waals surface area contributed by atoms with Crippen LogP contribution in [0.5, 0.6) is 0 Å². The van der Waals surface area contributed by atoms with E-state index in [4.69, 9.17) is 10.5 Å². The summed E-state index contributed by atoms with van der Waals surface area (Å²) in [4.78, 5) is 0. The molecule has 1 aliphatic carbocycles. The molecule has 3 N–H and O–H groups in total. The van der Waals surface area contributed by atoms with Crippen LogP contribution in [0.1, 0.15) is 51.4 Å². The van der Waals surface area contributed by atoms with Crippen molar-refractivity contribution in [3.8, 4) is 0 Å². The summed E-state index contributed by atoms with van der Waals surface area (Å²) in [6.45, 7) is 1.35. The van der Waals surface area contributed by atoms with Gasteiger partial charge in [-0.15, -0.1) is 12.4 Å². The van der Waals surface area contributed by atoms with Gasteiger partial charge in [-0.05, 0) is 25.7 Å². The van der Waals surface area contributed by atoms with E-state index in [1.54, 1.807) is 0 Å². The van der Waals surface area contributed by atoms with E-state index in [0.717, 1.165) is 32.1 Å². The van der Waals surface area contributed by atoms with E-state index in [9.17, 15) is 8.42 Å². The first-order valence-electron chi connectivity index (χ1n) is 7.37. The van der Waals surface area contributed by atoms with E-state index in [-0.39, 0.29) is 17.9 Å². The molecule has 1 saturated carbocycles. The summed E-state index contributed by atoms with van der Waals surface area (Å²) in [5.41, 5.74) is 5.98. The van der Waals surface area contributed by atoms with Gasteiger partial charge in [0.2, 0.25) is 10.0 Å². The molecular formula is C13H27ClN2O3S. The van der Waals surface area contributed by atoms with Crippen LogP contribution >= 0.6 is 12.4 Å². The molecule has 0 aromatic rings. The zero-order valence-electron chi connectivity index (χ0n) is 12.0. The molecule has 0 amide bonds. The lowest BCUT2D eigenvalue weighted by molar-refractivity contribution is 0.0987. The van der Waals surface area contributed by atoms with Gasteiger partial charge in [-0.1, -0.05) is 25.7 Å². The zero-order chi connectivity index (χ0) is 13.8. The topological polar surface area (TPSA) is 81.4 Å². The Hall–Kier alpha value is 0.120. The lowest BCUT2D eigenvalue weighted by Gasteiger charge is -2.30. The number of hydrogen-bond acceptors (Lipinski definition) is 4. The highest BCUT2D eigenvalue weighted by atomic mass is 35.5. The van der Waals surface area contributed by atoms with E-state index in [2.05, 4.69) is 4.72 Å². The van der Waals surface area contributed by atoms with Crippen molar-refractivity contribution in [3.05, 3.63) is 0 Å². The monoisotopic (exact) mass is 326 g/mol. The third-order valence-corrected chi connectivity index (χ3v) is 6.08. The zero-order valence-corrected chi connectivity index (χ0v) is 13.6. The molecular weight excluding hydrogens is 300 g/mol. The van der Waals surface area contributed by atoms with Gasteiger partial charge in [0.25, 0.3) is 0 Å². The van der Waals surface area contributed by atoms with E-state index < -0.39 is 15.3 Å². The quantitative estimate of drug-likeness (QED) is 0.768. The molecule has 0 bridgehead atoms. The first kappa shape index (κ1) is 18.2. The van der Waals surface area contributed by atoms with Gasteiger partial charge in [0, 0.05) is 18.7 Å². The van der Waals surface area contributed by atoms with Crippen molar-refractivity contribution in [2.24, 2.45) is 5.73 Å². The van der Waals surface area contributed by atoms with E-state index in [0.29, 0.717) is 26.2 Å². The summed E-state index contributed by atoms with van der Waals surface area (Å²) < 4.78 is 32.4. The number of sulfonamides is 1. The average molecular weight is 327 g/mol. The molecule has 1 unspecified atom stereocenters. The minimum absolute atomic E-state index is 0. The number of ether oxygens (including phenoxy) is 1. The van der Waals surface area contributed by atoms with Crippen molar-refractivity contribution >= 4 is 22.4 Å². The number of rotatable bonds is 4. The molecule has 1 atom stereocenters. The highest BCUT2D eigenvalue weighted by Crippen LogP contribution is 2.25. The Labute approximate surface area is 128 Å². The fourth-order valence-corrected chi connectivity index (χ4v) is 4.40. The molecule has 5 nitrogen and oxygen atoms in total. The summed E-state index contributed by atoms with van der Waals surface area (Å²) in [7, 11) is -3.29. The predicted octanol–water partition coefficient (Wildman–Crippen LogP) is 1.56. The fraction of sp³-hybridized carbons (Fsp3) is 1.00. The minimum Gasteiger partial charge on any atom is -0.380 e. The molecule has 7 heteroatoms. The molecule has 2 rings (SSSR count). The van der Waals surface area contributed by atoms with Gasteiger partial charge in [-0.2, -0.15) is 0 Å². The van der Waals surface area contributed by atoms with E-state index in [1.165, 1.54) is 12.8 Å². The Morgan fingerprint density at radius 1 is 1.15 bits per heavy atom. The van der Waals surface area contributed by atoms with Crippen LogP contribution in [0.2, 0.25) is 0 Å². The molecule has 0 radical (unpaired) electrons. The highest BCUT2D eigenvalue weighted by molar-refractivity contribution is 7.90. The van der Waals surface area contributed by atoms with Gasteiger partial charge in [0.15, 0.2) is 0 Å². The number of hydrogen-bond donors (Lipinski definition) is 2. The average Bonchev–Trinajstić information content (AvgIpc) is 2.63. The SMILES string of the molecule is Cl.NC1(CNS(=O)(=O)C2CCCOC2)CCCCCC1. The molecule has 1 saturated heterocycles. The Morgan fingerprint density at radius 3 is 2.35 bits per heavy atom. The standard InChI is InChI=1S/C13H26N2O3S.ClH/c14-13(7-3-1-2-4-8-13)11-15-19(16,17)12-6-5-9-18-10-12;/h12,15H,1-11,14H2;1H. The van der Waals surface area contributed by atoms with Crippen LogP contribution in [0, 0.1) is 0 Å². The van der Waals surface area contributed by atoms with Crippen LogP contribution in [0.15, 0.2) is 0 Å². The summed E-state index contributed by atoms with van der Waals surface area (Å²) in [6, 6.07) is 0. The number of halogens is 1. The number of nitrogens with one attached hydrogen (secondary N) is 1. The minimum atomic E-state index is -3.29. The predicted molar refractivity (Wildman–Crippen MR) is 82.6 cm³/mol. The molecule has 0 spiro atoms. The maximum absolute atomic E-state index is 12.2. The van der Waals surface area contributed by atoms with Crippen molar-refractivity contribution in [2.45, 2.75) is 62.2 Å². The van der Waals surface area contributed by atoms with Gasteiger partial charge in [-0.25, -0.2) is 13.1 Å². The van der Waals surface area contributed by atoms with Crippen molar-refractivity contribution in [2.75, 3.05) is 19.8 Å². The molecule has 1 heterocycles. The second kappa shape index (κ2) is 7.94. The highest BCUT2D eigenvalue weighted by Gasteiger charge is 2.32. The molecule has 2 fully saturated rings. The maximum atomic E-state index is 12.2. The van der Waals surface area contributed by atoms with Crippen LogP contribution < -0.4 is 10.5 Å². The lowest BCUT2D eigenvalue weighted by Crippen LogP contribution is -2.52. The van der Waals surface area contributed by atoms with E-state index >= 15 is 0 Å². The molecule has 20 heavy (non-hydrogen) atoms. The third kappa shape index (κ3) is 5.15. The van der Waals surface area contributed by atoms with Crippen LogP contribution in [-0.4, -0.2) is 39.0 Å². The first-order chi connectivity index (χ1) is 9.02. The Balaban J connectivity index is 0.00000200. The second-order valence-electron chi connectivity index (χ2n) is 5.98. The number of nitrogens with two attached hydrogens (primary N) is 1. The molecule has 120 valence electrons. The normalized spacial score (nSPS) is 27.4. The van der Waals surface area contributed by atoms with Gasteiger partial charge in [-0.3, -0.25) is 0 Å². The maximum Gasteiger partial charge on any atom is 0.216 e. The van der Waals surface area contributed by atoms with Gasteiger partial charge in [0.1, 0.15) is 0 Å². The van der Waals surface area contributed by atoms with Gasteiger partial charge < -0.3 is 10.5 Å². The molecule has 0 aromatic heterocycles. The second-order valence-corrected chi connectivity index (χ2v) is 8.03. The summed E-state index contributed by atoms with van der Waals surface area (Å²) >= 11 is 0.